The molecule has 1 nitrogen and oxygen atoms in total. The molecule has 0 aliphatic carbocycles. The molecule has 3 heteroatoms. The van der Waals surface area contributed by atoms with E-state index in [1.807, 2.05) is 13.0 Å². The van der Waals surface area contributed by atoms with Gasteiger partial charge in [-0.15, -0.1) is 0 Å². The van der Waals surface area contributed by atoms with Gasteiger partial charge in [0.25, 0.3) is 0 Å². The van der Waals surface area contributed by atoms with Crippen molar-refractivity contribution >= 4 is 27.5 Å². The highest BCUT2D eigenvalue weighted by Crippen LogP contribution is 2.28. The van der Waals surface area contributed by atoms with Crippen LogP contribution in [-0.2, 0) is 0 Å². The second kappa shape index (κ2) is 3.93. The van der Waals surface area contributed by atoms with Gasteiger partial charge in [0.1, 0.15) is 0 Å². The fourth-order valence-corrected chi connectivity index (χ4v) is 1.92. The highest BCUT2D eigenvalue weighted by molar-refractivity contribution is 9.10. The van der Waals surface area contributed by atoms with E-state index in [1.165, 1.54) is 0 Å². The zero-order valence-electron chi connectivity index (χ0n) is 6.51. The van der Waals surface area contributed by atoms with Gasteiger partial charge >= 0.3 is 0 Å². The predicted octanol–water partition coefficient (Wildman–Crippen LogP) is 4.08. The Morgan fingerprint density at radius 1 is 1.58 bits per heavy atom. The topological polar surface area (TPSA) is 4.36 Å². The van der Waals surface area contributed by atoms with E-state index < -0.39 is 0 Å². The maximum atomic E-state index is 6.87. The third-order valence-corrected chi connectivity index (χ3v) is 2.53. The second-order valence-corrected chi connectivity index (χ2v) is 3.76. The van der Waals surface area contributed by atoms with Crippen LogP contribution in [0.1, 0.15) is 18.5 Å². The van der Waals surface area contributed by atoms with E-state index in [-0.39, 0.29) is 6.04 Å². The first-order chi connectivity index (χ1) is 5.65. The molecule has 0 aromatic heterocycles. The van der Waals surface area contributed by atoms with Crippen molar-refractivity contribution in [2.45, 2.75) is 13.0 Å². The summed E-state index contributed by atoms with van der Waals surface area (Å²) >= 11 is 9.12. The van der Waals surface area contributed by atoms with Gasteiger partial charge in [0.15, 0.2) is 0 Å². The van der Waals surface area contributed by atoms with Crippen molar-refractivity contribution in [1.29, 1.82) is 0 Å². The van der Waals surface area contributed by atoms with Gasteiger partial charge in [-0.3, -0.25) is 0 Å². The van der Waals surface area contributed by atoms with Crippen molar-refractivity contribution < 1.29 is 0 Å². The second-order valence-electron chi connectivity index (χ2n) is 2.47. The molecule has 1 aromatic carbocycles. The number of rotatable bonds is 1. The first-order valence-corrected chi connectivity index (χ1v) is 4.63. The van der Waals surface area contributed by atoms with E-state index in [1.54, 1.807) is 12.1 Å². The van der Waals surface area contributed by atoms with Crippen LogP contribution in [0.3, 0.4) is 0 Å². The molecular formula is C9H7BrClN. The SMILES string of the molecule is [C-]#[N+]C(C)c1ccc(Cl)cc1Br. The average Bonchev–Trinajstić information content (AvgIpc) is 2.03. The average molecular weight is 245 g/mol. The molecule has 0 saturated heterocycles. The standard InChI is InChI=1S/C9H7BrClN/c1-6(12-2)8-4-3-7(11)5-9(8)10/h3-6H,1H3. The fraction of sp³-hybridized carbons (Fsp3) is 0.222. The molecule has 0 N–H and O–H groups in total. The summed E-state index contributed by atoms with van der Waals surface area (Å²) in [6.07, 6.45) is 0. The minimum Gasteiger partial charge on any atom is -0.309 e. The van der Waals surface area contributed by atoms with Crippen molar-refractivity contribution in [2.75, 3.05) is 0 Å². The smallest absolute Gasteiger partial charge is 0.247 e. The summed E-state index contributed by atoms with van der Waals surface area (Å²) in [5.41, 5.74) is 0.981. The molecule has 0 saturated carbocycles. The molecule has 1 rings (SSSR count). The quantitative estimate of drug-likeness (QED) is 0.656. The summed E-state index contributed by atoms with van der Waals surface area (Å²) in [4.78, 5) is 3.43. The highest BCUT2D eigenvalue weighted by Gasteiger charge is 2.11. The molecule has 0 bridgehead atoms. The van der Waals surface area contributed by atoms with Crippen LogP contribution in [-0.4, -0.2) is 0 Å². The van der Waals surface area contributed by atoms with Gasteiger partial charge in [0, 0.05) is 22.0 Å². The van der Waals surface area contributed by atoms with Crippen LogP contribution in [0.2, 0.25) is 5.02 Å². The van der Waals surface area contributed by atoms with E-state index in [0.29, 0.717) is 5.02 Å². The Morgan fingerprint density at radius 3 is 2.75 bits per heavy atom. The number of nitrogens with zero attached hydrogens (tertiary/aromatic N) is 1. The van der Waals surface area contributed by atoms with E-state index in [0.717, 1.165) is 10.0 Å². The Kier molecular flexibility index (Phi) is 3.13. The molecule has 1 atom stereocenters. The normalized spacial score (nSPS) is 12.2. The van der Waals surface area contributed by atoms with Crippen LogP contribution in [0, 0.1) is 6.57 Å². The van der Waals surface area contributed by atoms with Crippen molar-refractivity contribution in [3.63, 3.8) is 0 Å². The van der Waals surface area contributed by atoms with Gasteiger partial charge in [0.05, 0.1) is 0 Å². The zero-order valence-corrected chi connectivity index (χ0v) is 8.85. The minimum atomic E-state index is -0.114. The van der Waals surface area contributed by atoms with Crippen molar-refractivity contribution in [3.05, 3.63) is 44.7 Å². The fourth-order valence-electron chi connectivity index (χ4n) is 0.910. The van der Waals surface area contributed by atoms with Crippen LogP contribution in [0.15, 0.2) is 22.7 Å². The lowest BCUT2D eigenvalue weighted by atomic mass is 10.1. The van der Waals surface area contributed by atoms with Gasteiger partial charge in [0.2, 0.25) is 6.04 Å². The third-order valence-electron chi connectivity index (χ3n) is 1.61. The number of benzene rings is 1. The monoisotopic (exact) mass is 243 g/mol. The Labute approximate surface area is 85.3 Å². The maximum absolute atomic E-state index is 6.87. The Morgan fingerprint density at radius 2 is 2.25 bits per heavy atom. The molecule has 0 fully saturated rings. The lowest BCUT2D eigenvalue weighted by Gasteiger charge is -2.02. The summed E-state index contributed by atoms with van der Waals surface area (Å²) in [7, 11) is 0. The largest absolute Gasteiger partial charge is 0.309 e. The number of hydrogen-bond acceptors (Lipinski definition) is 0. The van der Waals surface area contributed by atoms with Crippen LogP contribution in [0.25, 0.3) is 4.85 Å². The van der Waals surface area contributed by atoms with Crippen LogP contribution >= 0.6 is 27.5 Å². The van der Waals surface area contributed by atoms with Gasteiger partial charge in [-0.05, 0) is 18.2 Å². The molecule has 0 aliphatic heterocycles. The van der Waals surface area contributed by atoms with Crippen molar-refractivity contribution in [2.24, 2.45) is 0 Å². The molecular weight excluding hydrogens is 237 g/mol. The summed E-state index contributed by atoms with van der Waals surface area (Å²) < 4.78 is 0.901. The van der Waals surface area contributed by atoms with Gasteiger partial charge in [-0.25, -0.2) is 6.57 Å². The van der Waals surface area contributed by atoms with Crippen LogP contribution < -0.4 is 0 Å². The molecule has 0 spiro atoms. The summed E-state index contributed by atoms with van der Waals surface area (Å²) in [5.74, 6) is 0. The van der Waals surface area contributed by atoms with E-state index >= 15 is 0 Å². The first kappa shape index (κ1) is 9.57. The Balaban J connectivity index is 3.11. The lowest BCUT2D eigenvalue weighted by Crippen LogP contribution is -1.87. The highest BCUT2D eigenvalue weighted by atomic mass is 79.9. The van der Waals surface area contributed by atoms with E-state index in [4.69, 9.17) is 18.2 Å². The summed E-state index contributed by atoms with van der Waals surface area (Å²) in [5, 5.41) is 0.683. The summed E-state index contributed by atoms with van der Waals surface area (Å²) in [6, 6.07) is 5.36. The van der Waals surface area contributed by atoms with Gasteiger partial charge in [-0.2, -0.15) is 0 Å². The number of hydrogen-bond donors (Lipinski definition) is 0. The molecule has 62 valence electrons. The Bertz CT molecular complexity index is 330. The molecule has 0 aliphatic rings. The van der Waals surface area contributed by atoms with E-state index in [9.17, 15) is 0 Å². The van der Waals surface area contributed by atoms with Gasteiger partial charge < -0.3 is 4.85 Å². The third kappa shape index (κ3) is 2.00. The predicted molar refractivity (Wildman–Crippen MR) is 54.2 cm³/mol. The first-order valence-electron chi connectivity index (χ1n) is 3.46. The number of halogens is 2. The zero-order chi connectivity index (χ0) is 9.14. The molecule has 0 radical (unpaired) electrons. The lowest BCUT2D eigenvalue weighted by molar-refractivity contribution is 0.954. The van der Waals surface area contributed by atoms with Crippen LogP contribution in [0.5, 0.6) is 0 Å². The van der Waals surface area contributed by atoms with Crippen molar-refractivity contribution in [3.8, 4) is 0 Å². The van der Waals surface area contributed by atoms with Crippen molar-refractivity contribution in [1.82, 2.24) is 0 Å². The Hall–Kier alpha value is -0.520. The van der Waals surface area contributed by atoms with Crippen LogP contribution in [0.4, 0.5) is 0 Å². The molecule has 1 unspecified atom stereocenters. The summed E-state index contributed by atoms with van der Waals surface area (Å²) in [6.45, 7) is 8.73. The van der Waals surface area contributed by atoms with E-state index in [2.05, 4.69) is 20.8 Å². The minimum absolute atomic E-state index is 0.114. The van der Waals surface area contributed by atoms with Gasteiger partial charge in [-0.1, -0.05) is 27.5 Å². The molecule has 0 heterocycles. The maximum Gasteiger partial charge on any atom is 0.247 e. The molecule has 12 heavy (non-hydrogen) atoms. The molecule has 0 amide bonds. The molecule has 1 aromatic rings.